The first-order valence-electron chi connectivity index (χ1n) is 6.38. The Hall–Kier alpha value is -2.36. The molecule has 3 nitrogen and oxygen atoms in total. The lowest BCUT2D eigenvalue weighted by atomic mass is 9.93. The van der Waals surface area contributed by atoms with Gasteiger partial charge in [0.25, 0.3) is 0 Å². The maximum Gasteiger partial charge on any atom is 0.326 e. The van der Waals surface area contributed by atoms with Crippen molar-refractivity contribution < 1.29 is 14.3 Å². The van der Waals surface area contributed by atoms with Gasteiger partial charge in [-0.2, -0.15) is 0 Å². The number of aliphatic carboxylic acids is 1. The normalized spacial score (nSPS) is 13.5. The molecule has 0 saturated heterocycles. The molecule has 0 bridgehead atoms. The van der Waals surface area contributed by atoms with Crippen molar-refractivity contribution in [3.63, 3.8) is 0 Å². The number of hydrogen-bond donors (Lipinski definition) is 2. The van der Waals surface area contributed by atoms with Crippen LogP contribution in [-0.4, -0.2) is 17.1 Å². The van der Waals surface area contributed by atoms with Crippen molar-refractivity contribution in [2.45, 2.75) is 18.9 Å². The van der Waals surface area contributed by atoms with Gasteiger partial charge in [-0.05, 0) is 17.7 Å². The van der Waals surface area contributed by atoms with Crippen LogP contribution >= 0.6 is 0 Å². The minimum absolute atomic E-state index is 0.197. The number of para-hydroxylation sites is 1. The second kappa shape index (κ2) is 6.19. The van der Waals surface area contributed by atoms with E-state index in [1.165, 1.54) is 12.1 Å². The number of carboxylic acid groups (broad SMARTS) is 1. The highest BCUT2D eigenvalue weighted by Crippen LogP contribution is 2.23. The van der Waals surface area contributed by atoms with Gasteiger partial charge in [-0.25, -0.2) is 9.18 Å². The number of benzene rings is 2. The van der Waals surface area contributed by atoms with E-state index in [9.17, 15) is 14.3 Å². The minimum atomic E-state index is -1.01. The molecule has 0 aliphatic heterocycles. The highest BCUT2D eigenvalue weighted by molar-refractivity contribution is 5.78. The van der Waals surface area contributed by atoms with E-state index >= 15 is 0 Å². The summed E-state index contributed by atoms with van der Waals surface area (Å²) in [4.78, 5) is 11.4. The maximum atomic E-state index is 13.6. The van der Waals surface area contributed by atoms with Crippen LogP contribution in [0.25, 0.3) is 0 Å². The van der Waals surface area contributed by atoms with Gasteiger partial charge in [0.1, 0.15) is 11.9 Å². The van der Waals surface area contributed by atoms with Gasteiger partial charge in [-0.3, -0.25) is 0 Å². The number of halogens is 1. The van der Waals surface area contributed by atoms with Crippen molar-refractivity contribution in [2.24, 2.45) is 0 Å². The van der Waals surface area contributed by atoms with Gasteiger partial charge in [0.15, 0.2) is 0 Å². The van der Waals surface area contributed by atoms with Crippen LogP contribution < -0.4 is 5.32 Å². The third-order valence-electron chi connectivity index (χ3n) is 3.28. The lowest BCUT2D eigenvalue weighted by Crippen LogP contribution is -2.34. The van der Waals surface area contributed by atoms with Gasteiger partial charge < -0.3 is 10.4 Å². The molecule has 0 heterocycles. The summed E-state index contributed by atoms with van der Waals surface area (Å²) in [6.45, 7) is 1.81. The van der Waals surface area contributed by atoms with E-state index in [1.54, 1.807) is 12.1 Å². The third-order valence-corrected chi connectivity index (χ3v) is 3.28. The molecule has 20 heavy (non-hydrogen) atoms. The number of anilines is 1. The molecule has 2 aromatic carbocycles. The molecule has 0 radical (unpaired) electrons. The highest BCUT2D eigenvalue weighted by atomic mass is 19.1. The molecule has 2 atom stereocenters. The first-order chi connectivity index (χ1) is 9.59. The van der Waals surface area contributed by atoms with E-state index in [-0.39, 0.29) is 11.6 Å². The largest absolute Gasteiger partial charge is 0.480 e. The van der Waals surface area contributed by atoms with E-state index in [2.05, 4.69) is 5.32 Å². The summed E-state index contributed by atoms with van der Waals surface area (Å²) in [6.07, 6.45) is 0. The highest BCUT2D eigenvalue weighted by Gasteiger charge is 2.26. The second-order valence-electron chi connectivity index (χ2n) is 4.64. The van der Waals surface area contributed by atoms with Crippen LogP contribution in [0.5, 0.6) is 0 Å². The summed E-state index contributed by atoms with van der Waals surface area (Å²) in [6, 6.07) is 14.5. The summed E-state index contributed by atoms with van der Waals surface area (Å²) in [5.41, 5.74) is 1.09. The molecule has 0 aromatic heterocycles. The Kier molecular flexibility index (Phi) is 4.35. The minimum Gasteiger partial charge on any atom is -0.480 e. The molecule has 0 spiro atoms. The monoisotopic (exact) mass is 273 g/mol. The lowest BCUT2D eigenvalue weighted by Gasteiger charge is -2.23. The molecule has 2 unspecified atom stereocenters. The molecule has 2 aromatic rings. The Morgan fingerprint density at radius 1 is 1.10 bits per heavy atom. The van der Waals surface area contributed by atoms with Crippen molar-refractivity contribution in [2.75, 3.05) is 5.32 Å². The fraction of sp³-hybridized carbons (Fsp3) is 0.188. The van der Waals surface area contributed by atoms with Crippen LogP contribution in [0.2, 0.25) is 0 Å². The molecule has 2 N–H and O–H groups in total. The SMILES string of the molecule is CC(c1ccccc1)C(Nc1ccccc1F)C(=O)O. The van der Waals surface area contributed by atoms with Gasteiger partial charge in [0.2, 0.25) is 0 Å². The lowest BCUT2D eigenvalue weighted by molar-refractivity contribution is -0.138. The first kappa shape index (κ1) is 14.1. The van der Waals surface area contributed by atoms with E-state index in [0.717, 1.165) is 5.56 Å². The molecule has 0 saturated carbocycles. The van der Waals surface area contributed by atoms with Crippen LogP contribution in [0.4, 0.5) is 10.1 Å². The molecule has 0 amide bonds. The van der Waals surface area contributed by atoms with Crippen LogP contribution in [-0.2, 0) is 4.79 Å². The van der Waals surface area contributed by atoms with Crippen LogP contribution in [0.1, 0.15) is 18.4 Å². The standard InChI is InChI=1S/C16H16FNO2/c1-11(12-7-3-2-4-8-12)15(16(19)20)18-14-10-6-5-9-13(14)17/h2-11,15,18H,1H3,(H,19,20). The molecular formula is C16H16FNO2. The smallest absolute Gasteiger partial charge is 0.326 e. The molecule has 4 heteroatoms. The fourth-order valence-corrected chi connectivity index (χ4v) is 2.10. The average molecular weight is 273 g/mol. The summed E-state index contributed by atoms with van der Waals surface area (Å²) in [5.74, 6) is -1.75. The summed E-state index contributed by atoms with van der Waals surface area (Å²) >= 11 is 0. The summed E-state index contributed by atoms with van der Waals surface area (Å²) in [5, 5.41) is 12.1. The van der Waals surface area contributed by atoms with Gasteiger partial charge in [0, 0.05) is 5.92 Å². The van der Waals surface area contributed by atoms with Crippen molar-refractivity contribution in [1.82, 2.24) is 0 Å². The molecular weight excluding hydrogens is 257 g/mol. The summed E-state index contributed by atoms with van der Waals surface area (Å²) < 4.78 is 13.6. The van der Waals surface area contributed by atoms with Crippen LogP contribution in [0.15, 0.2) is 54.6 Å². The van der Waals surface area contributed by atoms with Crippen molar-refractivity contribution in [3.8, 4) is 0 Å². The van der Waals surface area contributed by atoms with E-state index < -0.39 is 17.8 Å². The number of carboxylic acids is 1. The zero-order valence-electron chi connectivity index (χ0n) is 11.1. The van der Waals surface area contributed by atoms with E-state index in [0.29, 0.717) is 0 Å². The topological polar surface area (TPSA) is 49.3 Å². The number of rotatable bonds is 5. The molecule has 0 aliphatic carbocycles. The van der Waals surface area contributed by atoms with Gasteiger partial charge in [-0.15, -0.1) is 0 Å². The fourth-order valence-electron chi connectivity index (χ4n) is 2.10. The predicted octanol–water partition coefficient (Wildman–Crippen LogP) is 3.49. The first-order valence-corrected chi connectivity index (χ1v) is 6.38. The Bertz CT molecular complexity index is 586. The van der Waals surface area contributed by atoms with Gasteiger partial charge in [-0.1, -0.05) is 49.4 Å². The summed E-state index contributed by atoms with van der Waals surface area (Å²) in [7, 11) is 0. The molecule has 0 aliphatic rings. The zero-order chi connectivity index (χ0) is 14.5. The molecule has 104 valence electrons. The zero-order valence-corrected chi connectivity index (χ0v) is 11.1. The van der Waals surface area contributed by atoms with E-state index in [4.69, 9.17) is 0 Å². The number of hydrogen-bond acceptors (Lipinski definition) is 2. The quantitative estimate of drug-likeness (QED) is 0.876. The number of nitrogens with one attached hydrogen (secondary N) is 1. The predicted molar refractivity (Wildman–Crippen MR) is 76.3 cm³/mol. The van der Waals surface area contributed by atoms with Gasteiger partial charge >= 0.3 is 5.97 Å². The van der Waals surface area contributed by atoms with Gasteiger partial charge in [0.05, 0.1) is 5.69 Å². The van der Waals surface area contributed by atoms with Crippen molar-refractivity contribution >= 4 is 11.7 Å². The Morgan fingerprint density at radius 2 is 1.70 bits per heavy atom. The Morgan fingerprint density at radius 3 is 2.30 bits per heavy atom. The Labute approximate surface area is 117 Å². The molecule has 0 fully saturated rings. The second-order valence-corrected chi connectivity index (χ2v) is 4.64. The third kappa shape index (κ3) is 3.15. The van der Waals surface area contributed by atoms with Crippen LogP contribution in [0.3, 0.4) is 0 Å². The number of carbonyl (C=O) groups is 1. The average Bonchev–Trinajstić information content (AvgIpc) is 2.46. The maximum absolute atomic E-state index is 13.6. The van der Waals surface area contributed by atoms with Crippen molar-refractivity contribution in [1.29, 1.82) is 0 Å². The van der Waals surface area contributed by atoms with Crippen LogP contribution in [0, 0.1) is 5.82 Å². The molecule has 2 rings (SSSR count). The van der Waals surface area contributed by atoms with E-state index in [1.807, 2.05) is 37.3 Å². The van der Waals surface area contributed by atoms with Crippen molar-refractivity contribution in [3.05, 3.63) is 66.0 Å². The Balaban J connectivity index is 2.24.